The van der Waals surface area contributed by atoms with E-state index in [2.05, 4.69) is 17.4 Å². The maximum atomic E-state index is 12.7. The summed E-state index contributed by atoms with van der Waals surface area (Å²) in [6.07, 6.45) is 3.44. The lowest BCUT2D eigenvalue weighted by atomic mass is 9.85. The quantitative estimate of drug-likeness (QED) is 0.500. The Morgan fingerprint density at radius 2 is 1.57 bits per heavy atom. The van der Waals surface area contributed by atoms with E-state index in [9.17, 15) is 14.7 Å². The molecule has 3 aromatic carbocycles. The zero-order valence-corrected chi connectivity index (χ0v) is 19.8. The van der Waals surface area contributed by atoms with Gasteiger partial charge in [0.1, 0.15) is 18.4 Å². The van der Waals surface area contributed by atoms with Gasteiger partial charge in [0.05, 0.1) is 7.11 Å². The summed E-state index contributed by atoms with van der Waals surface area (Å²) in [6, 6.07) is 18.9. The van der Waals surface area contributed by atoms with Crippen LogP contribution in [-0.2, 0) is 28.8 Å². The molecule has 0 spiro atoms. The molecule has 180 valence electrons. The van der Waals surface area contributed by atoms with Crippen molar-refractivity contribution in [3.05, 3.63) is 88.5 Å². The molecule has 6 heteroatoms. The van der Waals surface area contributed by atoms with Crippen LogP contribution in [0.25, 0.3) is 11.1 Å². The summed E-state index contributed by atoms with van der Waals surface area (Å²) in [7, 11) is 1.66. The van der Waals surface area contributed by atoms with Gasteiger partial charge in [0.25, 0.3) is 0 Å². The van der Waals surface area contributed by atoms with Crippen LogP contribution in [-0.4, -0.2) is 36.9 Å². The second kappa shape index (κ2) is 9.82. The van der Waals surface area contributed by atoms with Crippen molar-refractivity contribution in [3.8, 4) is 16.9 Å². The third-order valence-electron chi connectivity index (χ3n) is 7.17. The number of nitrogens with one attached hydrogen (secondary N) is 1. The van der Waals surface area contributed by atoms with Gasteiger partial charge in [-0.15, -0.1) is 0 Å². The normalized spacial score (nSPS) is 14.9. The molecular formula is C29H29NO5. The standard InChI is InChI=1S/C29H29NO5/c1-34-27-15-14-18(19-8-2-7-13-24(19)27)16-26(28(31)32)30-29(33)35-17-25-22-11-5-3-9-20(22)21-10-4-6-12-23(21)25/h3-6,9-12,14-15,25-26H,2,7-8,13,16-17H2,1H3,(H,30,33)(H,31,32)/t26-/m0/s1. The van der Waals surface area contributed by atoms with E-state index in [4.69, 9.17) is 9.47 Å². The second-order valence-corrected chi connectivity index (χ2v) is 9.16. The molecule has 0 bridgehead atoms. The van der Waals surface area contributed by atoms with Gasteiger partial charge in [0.15, 0.2) is 0 Å². The van der Waals surface area contributed by atoms with E-state index in [0.29, 0.717) is 0 Å². The third-order valence-corrected chi connectivity index (χ3v) is 7.17. The van der Waals surface area contributed by atoms with Crippen LogP contribution in [0.5, 0.6) is 5.75 Å². The van der Waals surface area contributed by atoms with Crippen molar-refractivity contribution >= 4 is 12.1 Å². The number of carbonyl (C=O) groups is 2. The van der Waals surface area contributed by atoms with Gasteiger partial charge in [0, 0.05) is 12.3 Å². The van der Waals surface area contributed by atoms with Gasteiger partial charge < -0.3 is 19.9 Å². The first-order valence-electron chi connectivity index (χ1n) is 12.1. The van der Waals surface area contributed by atoms with Gasteiger partial charge in [-0.1, -0.05) is 54.6 Å². The van der Waals surface area contributed by atoms with Crippen LogP contribution >= 0.6 is 0 Å². The van der Waals surface area contributed by atoms with Crippen molar-refractivity contribution in [1.29, 1.82) is 0 Å². The lowest BCUT2D eigenvalue weighted by Gasteiger charge is -2.24. The Balaban J connectivity index is 1.28. The van der Waals surface area contributed by atoms with Crippen LogP contribution in [0.1, 0.15) is 46.6 Å². The van der Waals surface area contributed by atoms with Gasteiger partial charge in [-0.2, -0.15) is 0 Å². The number of fused-ring (bicyclic) bond motifs is 4. The van der Waals surface area contributed by atoms with Crippen LogP contribution < -0.4 is 10.1 Å². The second-order valence-electron chi connectivity index (χ2n) is 9.16. The molecule has 0 saturated heterocycles. The van der Waals surface area contributed by atoms with E-state index >= 15 is 0 Å². The summed E-state index contributed by atoms with van der Waals surface area (Å²) in [5.41, 5.74) is 7.75. The van der Waals surface area contributed by atoms with E-state index in [1.807, 2.05) is 48.5 Å². The average Bonchev–Trinajstić information content (AvgIpc) is 3.21. The maximum absolute atomic E-state index is 12.7. The molecule has 0 radical (unpaired) electrons. The summed E-state index contributed by atoms with van der Waals surface area (Å²) >= 11 is 0. The maximum Gasteiger partial charge on any atom is 0.407 e. The molecule has 2 aliphatic rings. The fourth-order valence-corrected chi connectivity index (χ4v) is 5.49. The minimum absolute atomic E-state index is 0.0787. The number of alkyl carbamates (subject to hydrolysis) is 1. The van der Waals surface area contributed by atoms with E-state index in [0.717, 1.165) is 70.4 Å². The molecule has 0 aromatic heterocycles. The molecule has 1 amide bonds. The molecule has 2 aliphatic carbocycles. The molecule has 35 heavy (non-hydrogen) atoms. The Morgan fingerprint density at radius 1 is 0.943 bits per heavy atom. The molecule has 1 atom stereocenters. The van der Waals surface area contributed by atoms with Crippen molar-refractivity contribution in [2.45, 2.75) is 44.1 Å². The first-order valence-corrected chi connectivity index (χ1v) is 12.1. The van der Waals surface area contributed by atoms with Gasteiger partial charge in [-0.25, -0.2) is 9.59 Å². The largest absolute Gasteiger partial charge is 0.496 e. The predicted molar refractivity (Wildman–Crippen MR) is 133 cm³/mol. The molecule has 0 saturated carbocycles. The number of benzene rings is 3. The molecule has 0 heterocycles. The van der Waals surface area contributed by atoms with Gasteiger partial charge >= 0.3 is 12.1 Å². The number of hydrogen-bond acceptors (Lipinski definition) is 4. The highest BCUT2D eigenvalue weighted by Crippen LogP contribution is 2.44. The van der Waals surface area contributed by atoms with Gasteiger partial charge in [-0.05, 0) is 70.7 Å². The summed E-state index contributed by atoms with van der Waals surface area (Å²) in [5.74, 6) is -0.316. The number of amides is 1. The topological polar surface area (TPSA) is 84.9 Å². The Hall–Kier alpha value is -3.80. The van der Waals surface area contributed by atoms with Crippen molar-refractivity contribution in [2.24, 2.45) is 0 Å². The Labute approximate surface area is 204 Å². The zero-order chi connectivity index (χ0) is 24.4. The predicted octanol–water partition coefficient (Wildman–Crippen LogP) is 5.11. The van der Waals surface area contributed by atoms with Crippen LogP contribution in [0.2, 0.25) is 0 Å². The summed E-state index contributed by atoms with van der Waals surface area (Å²) in [5, 5.41) is 12.4. The number of rotatable bonds is 7. The summed E-state index contributed by atoms with van der Waals surface area (Å²) in [6.45, 7) is 0.143. The highest BCUT2D eigenvalue weighted by Gasteiger charge is 2.30. The van der Waals surface area contributed by atoms with Crippen molar-refractivity contribution < 1.29 is 24.2 Å². The zero-order valence-electron chi connectivity index (χ0n) is 19.8. The minimum atomic E-state index is -1.08. The number of carboxylic acid groups (broad SMARTS) is 1. The number of ether oxygens (including phenoxy) is 2. The highest BCUT2D eigenvalue weighted by atomic mass is 16.5. The number of hydrogen-bond donors (Lipinski definition) is 2. The van der Waals surface area contributed by atoms with E-state index in [1.54, 1.807) is 7.11 Å². The molecular weight excluding hydrogens is 442 g/mol. The number of carboxylic acids is 1. The SMILES string of the molecule is COc1ccc(C[C@H](NC(=O)OCC2c3ccccc3-c3ccccc32)C(=O)O)c2c1CCCC2. The first-order chi connectivity index (χ1) is 17.1. The van der Waals surface area contributed by atoms with Crippen LogP contribution in [0.15, 0.2) is 60.7 Å². The van der Waals surface area contributed by atoms with E-state index in [-0.39, 0.29) is 18.9 Å². The molecule has 5 rings (SSSR count). The lowest BCUT2D eigenvalue weighted by Crippen LogP contribution is -2.43. The Bertz CT molecular complexity index is 1220. The van der Waals surface area contributed by atoms with Crippen molar-refractivity contribution in [3.63, 3.8) is 0 Å². The minimum Gasteiger partial charge on any atom is -0.496 e. The molecule has 2 N–H and O–H groups in total. The van der Waals surface area contributed by atoms with Gasteiger partial charge in [0.2, 0.25) is 0 Å². The first kappa shape index (κ1) is 23.0. The number of aliphatic carboxylic acids is 1. The number of methoxy groups -OCH3 is 1. The van der Waals surface area contributed by atoms with E-state index < -0.39 is 18.1 Å². The number of carbonyl (C=O) groups excluding carboxylic acids is 1. The average molecular weight is 472 g/mol. The lowest BCUT2D eigenvalue weighted by molar-refractivity contribution is -0.139. The molecule has 0 unspecified atom stereocenters. The molecule has 0 aliphatic heterocycles. The Kier molecular flexibility index (Phi) is 6.45. The molecule has 0 fully saturated rings. The summed E-state index contributed by atoms with van der Waals surface area (Å²) in [4.78, 5) is 24.7. The fourth-order valence-electron chi connectivity index (χ4n) is 5.49. The molecule has 6 nitrogen and oxygen atoms in total. The van der Waals surface area contributed by atoms with Gasteiger partial charge in [-0.3, -0.25) is 0 Å². The Morgan fingerprint density at radius 3 is 2.20 bits per heavy atom. The molecule has 3 aromatic rings. The monoisotopic (exact) mass is 471 g/mol. The van der Waals surface area contributed by atoms with Crippen molar-refractivity contribution in [1.82, 2.24) is 5.32 Å². The van der Waals surface area contributed by atoms with E-state index in [1.165, 1.54) is 0 Å². The van der Waals surface area contributed by atoms with Crippen LogP contribution in [0.3, 0.4) is 0 Å². The van der Waals surface area contributed by atoms with Crippen LogP contribution in [0.4, 0.5) is 4.79 Å². The van der Waals surface area contributed by atoms with Crippen molar-refractivity contribution in [2.75, 3.05) is 13.7 Å². The fraction of sp³-hybridized carbons (Fsp3) is 0.310. The van der Waals surface area contributed by atoms with Crippen LogP contribution in [0, 0.1) is 0 Å². The highest BCUT2D eigenvalue weighted by molar-refractivity contribution is 5.81. The summed E-state index contributed by atoms with van der Waals surface area (Å²) < 4.78 is 11.1. The smallest absolute Gasteiger partial charge is 0.407 e. The third kappa shape index (κ3) is 4.48.